The molecule has 0 aromatic heterocycles. The largest absolute Gasteiger partial charge is 0.396 e. The Kier molecular flexibility index (Phi) is 5.92. The number of nitrogens with zero attached hydrogens (tertiary/aromatic N) is 1. The number of aliphatic hydroxyl groups is 1. The van der Waals surface area contributed by atoms with E-state index in [9.17, 15) is 5.11 Å². The van der Waals surface area contributed by atoms with Crippen molar-refractivity contribution in [3.05, 3.63) is 0 Å². The van der Waals surface area contributed by atoms with E-state index in [1.807, 2.05) is 0 Å². The maximum Gasteiger partial charge on any atom is 0.0499 e. The molecule has 118 valence electrons. The first kappa shape index (κ1) is 16.3. The first-order chi connectivity index (χ1) is 9.54. The van der Waals surface area contributed by atoms with Crippen molar-refractivity contribution >= 4 is 0 Å². The van der Waals surface area contributed by atoms with Gasteiger partial charge in [-0.25, -0.2) is 0 Å². The molecular weight excluding hydrogens is 246 g/mol. The molecule has 2 nitrogen and oxygen atoms in total. The minimum Gasteiger partial charge on any atom is -0.396 e. The molecule has 2 rings (SSSR count). The van der Waals surface area contributed by atoms with Crippen LogP contribution in [0.15, 0.2) is 0 Å². The summed E-state index contributed by atoms with van der Waals surface area (Å²) in [4.78, 5) is 2.74. The lowest BCUT2D eigenvalue weighted by Gasteiger charge is -2.44. The van der Waals surface area contributed by atoms with E-state index in [0.29, 0.717) is 6.61 Å². The van der Waals surface area contributed by atoms with Crippen LogP contribution in [0.1, 0.15) is 72.1 Å². The Morgan fingerprint density at radius 3 is 2.20 bits per heavy atom. The van der Waals surface area contributed by atoms with E-state index < -0.39 is 0 Å². The van der Waals surface area contributed by atoms with Crippen LogP contribution in [0.4, 0.5) is 0 Å². The van der Waals surface area contributed by atoms with Crippen molar-refractivity contribution < 1.29 is 5.11 Å². The number of hydrogen-bond donors (Lipinski definition) is 1. The van der Waals surface area contributed by atoms with Crippen molar-refractivity contribution in [3.63, 3.8) is 0 Å². The fourth-order valence-corrected chi connectivity index (χ4v) is 4.25. The summed E-state index contributed by atoms with van der Waals surface area (Å²) in [7, 11) is 0. The average molecular weight is 281 g/mol. The molecule has 2 saturated carbocycles. The van der Waals surface area contributed by atoms with Gasteiger partial charge in [0.2, 0.25) is 0 Å². The normalized spacial score (nSPS) is 32.4. The first-order valence-corrected chi connectivity index (χ1v) is 8.89. The van der Waals surface area contributed by atoms with Gasteiger partial charge in [0.1, 0.15) is 0 Å². The second-order valence-electron chi connectivity index (χ2n) is 8.10. The number of rotatable bonds is 6. The fraction of sp³-hybridized carbons (Fsp3) is 1.00. The van der Waals surface area contributed by atoms with Crippen molar-refractivity contribution in [1.82, 2.24) is 4.90 Å². The van der Waals surface area contributed by atoms with E-state index in [2.05, 4.69) is 25.7 Å². The summed E-state index contributed by atoms with van der Waals surface area (Å²) < 4.78 is 0. The molecule has 0 spiro atoms. The molecule has 2 fully saturated rings. The van der Waals surface area contributed by atoms with Crippen molar-refractivity contribution in [1.29, 1.82) is 0 Å². The highest BCUT2D eigenvalue weighted by Crippen LogP contribution is 2.40. The van der Waals surface area contributed by atoms with E-state index in [1.54, 1.807) is 0 Å². The topological polar surface area (TPSA) is 23.5 Å². The Morgan fingerprint density at radius 1 is 1.10 bits per heavy atom. The monoisotopic (exact) mass is 281 g/mol. The van der Waals surface area contributed by atoms with Gasteiger partial charge >= 0.3 is 0 Å². The van der Waals surface area contributed by atoms with Gasteiger partial charge in [0, 0.05) is 31.2 Å². The van der Waals surface area contributed by atoms with Crippen LogP contribution in [0.25, 0.3) is 0 Å². The Balaban J connectivity index is 2.00. The van der Waals surface area contributed by atoms with Crippen molar-refractivity contribution in [2.45, 2.75) is 78.2 Å². The molecule has 2 aliphatic carbocycles. The third kappa shape index (κ3) is 4.21. The Morgan fingerprint density at radius 2 is 1.70 bits per heavy atom. The second kappa shape index (κ2) is 7.26. The van der Waals surface area contributed by atoms with Gasteiger partial charge in [0.05, 0.1) is 0 Å². The summed E-state index contributed by atoms with van der Waals surface area (Å²) in [6, 6.07) is 0.792. The molecule has 2 heteroatoms. The van der Waals surface area contributed by atoms with Crippen LogP contribution in [0.5, 0.6) is 0 Å². The SMILES string of the molecule is CC(C)CN(CC1(CO)CCC(C)CC1)C1CCCC1. The Hall–Kier alpha value is -0.0800. The van der Waals surface area contributed by atoms with E-state index >= 15 is 0 Å². The average Bonchev–Trinajstić information content (AvgIpc) is 2.94. The molecule has 0 aromatic rings. The molecule has 0 aromatic carbocycles. The fourth-order valence-electron chi connectivity index (χ4n) is 4.25. The van der Waals surface area contributed by atoms with Crippen molar-refractivity contribution in [2.24, 2.45) is 17.3 Å². The third-order valence-corrected chi connectivity index (χ3v) is 5.65. The molecule has 0 saturated heterocycles. The summed E-state index contributed by atoms with van der Waals surface area (Å²) in [5, 5.41) is 10.0. The van der Waals surface area contributed by atoms with Gasteiger partial charge in [-0.3, -0.25) is 4.90 Å². The van der Waals surface area contributed by atoms with Gasteiger partial charge in [-0.05, 0) is 37.5 Å². The van der Waals surface area contributed by atoms with Crippen LogP contribution < -0.4 is 0 Å². The van der Waals surface area contributed by atoms with Gasteiger partial charge in [-0.15, -0.1) is 0 Å². The maximum atomic E-state index is 10.0. The molecule has 20 heavy (non-hydrogen) atoms. The quantitative estimate of drug-likeness (QED) is 0.793. The molecule has 0 atom stereocenters. The van der Waals surface area contributed by atoms with Crippen LogP contribution in [-0.4, -0.2) is 35.7 Å². The smallest absolute Gasteiger partial charge is 0.0499 e. The van der Waals surface area contributed by atoms with Gasteiger partial charge in [-0.2, -0.15) is 0 Å². The van der Waals surface area contributed by atoms with Crippen LogP contribution in [-0.2, 0) is 0 Å². The molecule has 0 aliphatic heterocycles. The molecule has 0 bridgehead atoms. The van der Waals surface area contributed by atoms with Gasteiger partial charge < -0.3 is 5.11 Å². The molecular formula is C18H35NO. The molecule has 2 aliphatic rings. The highest BCUT2D eigenvalue weighted by molar-refractivity contribution is 4.90. The summed E-state index contributed by atoms with van der Waals surface area (Å²) in [5.41, 5.74) is 0.198. The number of hydrogen-bond acceptors (Lipinski definition) is 2. The van der Waals surface area contributed by atoms with Crippen LogP contribution in [0, 0.1) is 17.3 Å². The van der Waals surface area contributed by atoms with E-state index in [4.69, 9.17) is 0 Å². The highest BCUT2D eigenvalue weighted by atomic mass is 16.3. The Labute approximate surface area is 125 Å². The summed E-state index contributed by atoms with van der Waals surface area (Å²) in [6.07, 6.45) is 10.6. The minimum atomic E-state index is 0.198. The lowest BCUT2D eigenvalue weighted by molar-refractivity contribution is 0.0120. The summed E-state index contributed by atoms with van der Waals surface area (Å²) >= 11 is 0. The van der Waals surface area contributed by atoms with Crippen LogP contribution in [0.3, 0.4) is 0 Å². The van der Waals surface area contributed by atoms with Crippen molar-refractivity contribution in [2.75, 3.05) is 19.7 Å². The second-order valence-corrected chi connectivity index (χ2v) is 8.10. The first-order valence-electron chi connectivity index (χ1n) is 8.89. The van der Waals surface area contributed by atoms with Crippen LogP contribution >= 0.6 is 0 Å². The molecule has 0 amide bonds. The maximum absolute atomic E-state index is 10.0. The summed E-state index contributed by atoms with van der Waals surface area (Å²) in [6.45, 7) is 9.76. The van der Waals surface area contributed by atoms with Gasteiger partial charge in [-0.1, -0.05) is 46.5 Å². The van der Waals surface area contributed by atoms with E-state index in [-0.39, 0.29) is 5.41 Å². The van der Waals surface area contributed by atoms with Crippen molar-refractivity contribution in [3.8, 4) is 0 Å². The highest BCUT2D eigenvalue weighted by Gasteiger charge is 2.37. The van der Waals surface area contributed by atoms with E-state index in [0.717, 1.165) is 24.4 Å². The zero-order valence-electron chi connectivity index (χ0n) is 13.9. The zero-order chi connectivity index (χ0) is 14.6. The standard InChI is InChI=1S/C18H35NO/c1-15(2)12-19(17-6-4-5-7-17)13-18(14-20)10-8-16(3)9-11-18/h15-17,20H,4-14H2,1-3H3. The van der Waals surface area contributed by atoms with Gasteiger partial charge in [0.15, 0.2) is 0 Å². The molecule has 0 unspecified atom stereocenters. The third-order valence-electron chi connectivity index (χ3n) is 5.65. The predicted octanol–water partition coefficient (Wildman–Crippen LogP) is 4.08. The minimum absolute atomic E-state index is 0.198. The number of aliphatic hydroxyl groups excluding tert-OH is 1. The van der Waals surface area contributed by atoms with Crippen LogP contribution in [0.2, 0.25) is 0 Å². The lowest BCUT2D eigenvalue weighted by Crippen LogP contribution is -2.47. The lowest BCUT2D eigenvalue weighted by atomic mass is 9.71. The zero-order valence-corrected chi connectivity index (χ0v) is 13.9. The Bertz CT molecular complexity index is 275. The molecule has 1 N–H and O–H groups in total. The predicted molar refractivity (Wildman–Crippen MR) is 85.8 cm³/mol. The molecule has 0 radical (unpaired) electrons. The van der Waals surface area contributed by atoms with E-state index in [1.165, 1.54) is 57.9 Å². The molecule has 0 heterocycles. The summed E-state index contributed by atoms with van der Waals surface area (Å²) in [5.74, 6) is 1.59. The van der Waals surface area contributed by atoms with Gasteiger partial charge in [0.25, 0.3) is 0 Å².